The molecule has 0 radical (unpaired) electrons. The molecule has 132 valence electrons. The molecule has 0 bridgehead atoms. The second-order valence-corrected chi connectivity index (χ2v) is 5.80. The van der Waals surface area contributed by atoms with Crippen molar-refractivity contribution in [3.63, 3.8) is 0 Å². The van der Waals surface area contributed by atoms with Crippen molar-refractivity contribution in [3.05, 3.63) is 58.4 Å². The molecule has 0 aliphatic heterocycles. The van der Waals surface area contributed by atoms with Crippen LogP contribution in [0.5, 0.6) is 5.75 Å². The highest BCUT2D eigenvalue weighted by atomic mass is 19.4. The molecule has 0 atom stereocenters. The molecule has 0 aliphatic carbocycles. The zero-order valence-corrected chi connectivity index (χ0v) is 13.3. The molecule has 5 nitrogen and oxygen atoms in total. The predicted octanol–water partition coefficient (Wildman–Crippen LogP) is 4.07. The van der Waals surface area contributed by atoms with E-state index in [0.717, 1.165) is 6.07 Å². The lowest BCUT2D eigenvalue weighted by Gasteiger charge is -2.12. The lowest BCUT2D eigenvalue weighted by molar-refractivity contribution is -0.152. The van der Waals surface area contributed by atoms with Crippen molar-refractivity contribution < 1.29 is 22.7 Å². The lowest BCUT2D eigenvalue weighted by Crippen LogP contribution is -2.17. The number of imidazole rings is 1. The molecule has 8 heteroatoms. The zero-order valence-electron chi connectivity index (χ0n) is 13.3. The van der Waals surface area contributed by atoms with E-state index in [0.29, 0.717) is 11.0 Å². The molecule has 4 rings (SSSR count). The normalized spacial score (nSPS) is 12.2. The second kappa shape index (κ2) is 5.35. The maximum absolute atomic E-state index is 13.6. The van der Waals surface area contributed by atoms with E-state index in [4.69, 9.17) is 4.42 Å². The molecule has 26 heavy (non-hydrogen) atoms. The Morgan fingerprint density at radius 2 is 1.88 bits per heavy atom. The van der Waals surface area contributed by atoms with Gasteiger partial charge >= 0.3 is 6.18 Å². The Hall–Kier alpha value is -3.29. The van der Waals surface area contributed by atoms with Gasteiger partial charge in [0.2, 0.25) is 11.2 Å². The van der Waals surface area contributed by atoms with Crippen molar-refractivity contribution in [3.8, 4) is 17.1 Å². The van der Waals surface area contributed by atoms with E-state index in [1.807, 2.05) is 0 Å². The quantitative estimate of drug-likeness (QED) is 0.556. The average molecular weight is 360 g/mol. The molecule has 2 aromatic carbocycles. The van der Waals surface area contributed by atoms with E-state index < -0.39 is 22.9 Å². The topological polar surface area (TPSA) is 68.3 Å². The molecule has 0 spiro atoms. The number of aryl methyl sites for hydroxylation is 1. The van der Waals surface area contributed by atoms with Crippen LogP contribution in [-0.4, -0.2) is 14.7 Å². The Balaban J connectivity index is 2.17. The van der Waals surface area contributed by atoms with Crippen LogP contribution in [0.2, 0.25) is 0 Å². The highest BCUT2D eigenvalue weighted by Crippen LogP contribution is 2.38. The second-order valence-electron chi connectivity index (χ2n) is 5.80. The van der Waals surface area contributed by atoms with E-state index in [2.05, 4.69) is 4.98 Å². The number of phenolic OH excluding ortho intramolecular Hbond substituents is 1. The number of fused-ring (bicyclic) bond motifs is 2. The first-order chi connectivity index (χ1) is 12.3. The SMILES string of the molecule is Cn1c(-c2c(C(F)(F)F)oc3cc(O)ccc3c2=O)nc2ccccc21. The Morgan fingerprint density at radius 1 is 1.15 bits per heavy atom. The first-order valence-electron chi connectivity index (χ1n) is 7.56. The number of aromatic hydroxyl groups is 1. The van der Waals surface area contributed by atoms with Crippen LogP contribution in [0.3, 0.4) is 0 Å². The highest BCUT2D eigenvalue weighted by Gasteiger charge is 2.40. The minimum absolute atomic E-state index is 0.0714. The van der Waals surface area contributed by atoms with Gasteiger partial charge in [-0.15, -0.1) is 0 Å². The smallest absolute Gasteiger partial charge is 0.450 e. The predicted molar refractivity (Wildman–Crippen MR) is 88.9 cm³/mol. The first kappa shape index (κ1) is 16.2. The third kappa shape index (κ3) is 2.33. The van der Waals surface area contributed by atoms with Gasteiger partial charge in [0, 0.05) is 13.1 Å². The third-order valence-corrected chi connectivity index (χ3v) is 4.14. The van der Waals surface area contributed by atoms with E-state index in [1.54, 1.807) is 24.3 Å². The van der Waals surface area contributed by atoms with E-state index >= 15 is 0 Å². The third-order valence-electron chi connectivity index (χ3n) is 4.14. The molecule has 0 unspecified atom stereocenters. The minimum atomic E-state index is -4.91. The first-order valence-corrected chi connectivity index (χ1v) is 7.56. The summed E-state index contributed by atoms with van der Waals surface area (Å²) in [4.78, 5) is 17.0. The molecule has 0 saturated carbocycles. The fourth-order valence-electron chi connectivity index (χ4n) is 2.95. The summed E-state index contributed by atoms with van der Waals surface area (Å²) >= 11 is 0. The summed E-state index contributed by atoms with van der Waals surface area (Å²) in [5.74, 6) is -1.88. The molecule has 4 aromatic rings. The van der Waals surface area contributed by atoms with Crippen molar-refractivity contribution in [1.29, 1.82) is 0 Å². The van der Waals surface area contributed by atoms with Gasteiger partial charge in [-0.25, -0.2) is 4.98 Å². The maximum Gasteiger partial charge on any atom is 0.450 e. The van der Waals surface area contributed by atoms with Crippen LogP contribution in [0, 0.1) is 0 Å². The van der Waals surface area contributed by atoms with Crippen LogP contribution in [0.1, 0.15) is 5.76 Å². The largest absolute Gasteiger partial charge is 0.508 e. The Labute approximate surface area is 143 Å². The standard InChI is InChI=1S/C18H11F3N2O3/c1-23-12-5-3-2-4-11(12)22-17(23)14-15(25)10-7-6-9(24)8-13(10)26-16(14)18(19,20)21/h2-8,24H,1H3. The number of benzene rings is 2. The van der Waals surface area contributed by atoms with Gasteiger partial charge in [-0.05, 0) is 24.3 Å². The fourth-order valence-corrected chi connectivity index (χ4v) is 2.95. The summed E-state index contributed by atoms with van der Waals surface area (Å²) in [6.07, 6.45) is -4.91. The number of halogens is 3. The van der Waals surface area contributed by atoms with Crippen molar-refractivity contribution in [2.24, 2.45) is 7.05 Å². The molecular formula is C18H11F3N2O3. The summed E-state index contributed by atoms with van der Waals surface area (Å²) in [5.41, 5.74) is -0.819. The number of nitrogens with zero attached hydrogens (tertiary/aromatic N) is 2. The van der Waals surface area contributed by atoms with Crippen LogP contribution in [0.25, 0.3) is 33.4 Å². The molecule has 2 aromatic heterocycles. The van der Waals surface area contributed by atoms with Crippen molar-refractivity contribution in [1.82, 2.24) is 9.55 Å². The van der Waals surface area contributed by atoms with Gasteiger partial charge in [0.25, 0.3) is 0 Å². The lowest BCUT2D eigenvalue weighted by atomic mass is 10.1. The molecular weight excluding hydrogens is 349 g/mol. The van der Waals surface area contributed by atoms with Gasteiger partial charge in [-0.2, -0.15) is 13.2 Å². The van der Waals surface area contributed by atoms with Gasteiger partial charge in [-0.1, -0.05) is 12.1 Å². The monoisotopic (exact) mass is 360 g/mol. The van der Waals surface area contributed by atoms with Gasteiger partial charge in [0.05, 0.1) is 16.4 Å². The Bertz CT molecular complexity index is 1220. The van der Waals surface area contributed by atoms with Gasteiger partial charge in [0.15, 0.2) is 0 Å². The van der Waals surface area contributed by atoms with Crippen LogP contribution >= 0.6 is 0 Å². The summed E-state index contributed by atoms with van der Waals surface area (Å²) in [7, 11) is 1.53. The summed E-state index contributed by atoms with van der Waals surface area (Å²) in [6.45, 7) is 0. The van der Waals surface area contributed by atoms with Gasteiger partial charge in [-0.3, -0.25) is 4.79 Å². The van der Waals surface area contributed by atoms with Crippen molar-refractivity contribution in [2.75, 3.05) is 0 Å². The van der Waals surface area contributed by atoms with Crippen molar-refractivity contribution in [2.45, 2.75) is 6.18 Å². The van der Waals surface area contributed by atoms with Crippen LogP contribution in [0.4, 0.5) is 13.2 Å². The maximum atomic E-state index is 13.6. The minimum Gasteiger partial charge on any atom is -0.508 e. The number of para-hydroxylation sites is 2. The summed E-state index contributed by atoms with van der Waals surface area (Å²) < 4.78 is 47.2. The summed E-state index contributed by atoms with van der Waals surface area (Å²) in [6, 6.07) is 10.2. The zero-order chi connectivity index (χ0) is 18.6. The number of aromatic nitrogens is 2. The molecule has 0 aliphatic rings. The molecule has 2 heterocycles. The summed E-state index contributed by atoms with van der Waals surface area (Å²) in [5, 5.41) is 9.41. The molecule has 1 N–H and O–H groups in total. The average Bonchev–Trinajstić information content (AvgIpc) is 2.90. The molecule has 0 amide bonds. The molecule has 0 fully saturated rings. The van der Waals surface area contributed by atoms with Crippen LogP contribution in [0.15, 0.2) is 51.7 Å². The highest BCUT2D eigenvalue weighted by molar-refractivity contribution is 5.86. The number of hydrogen-bond acceptors (Lipinski definition) is 4. The number of phenols is 1. The van der Waals surface area contributed by atoms with Crippen LogP contribution < -0.4 is 5.43 Å². The van der Waals surface area contributed by atoms with E-state index in [-0.39, 0.29) is 22.5 Å². The van der Waals surface area contributed by atoms with Crippen LogP contribution in [-0.2, 0) is 13.2 Å². The van der Waals surface area contributed by atoms with Gasteiger partial charge < -0.3 is 14.1 Å². The number of rotatable bonds is 1. The Kier molecular flexibility index (Phi) is 3.33. The number of alkyl halides is 3. The van der Waals surface area contributed by atoms with E-state index in [1.165, 1.54) is 23.7 Å². The molecule has 0 saturated heterocycles. The van der Waals surface area contributed by atoms with E-state index in [9.17, 15) is 23.1 Å². The van der Waals surface area contributed by atoms with Crippen molar-refractivity contribution >= 4 is 22.0 Å². The fraction of sp³-hybridized carbons (Fsp3) is 0.111. The Morgan fingerprint density at radius 3 is 2.58 bits per heavy atom. The van der Waals surface area contributed by atoms with Gasteiger partial charge in [0.1, 0.15) is 22.7 Å². The number of hydrogen-bond donors (Lipinski definition) is 1.